The van der Waals surface area contributed by atoms with Crippen LogP contribution in [0.25, 0.3) is 22.3 Å². The fourth-order valence-electron chi connectivity index (χ4n) is 6.05. The molecule has 1 saturated heterocycles. The van der Waals surface area contributed by atoms with Gasteiger partial charge < -0.3 is 19.4 Å². The molecule has 2 fully saturated rings. The van der Waals surface area contributed by atoms with Gasteiger partial charge in [-0.3, -0.25) is 15.1 Å². The smallest absolute Gasteiger partial charge is 0.415 e. The van der Waals surface area contributed by atoms with Crippen LogP contribution in [0.3, 0.4) is 0 Å². The molecule has 0 radical (unpaired) electrons. The fraction of sp³-hybridized carbons (Fsp3) is 0.467. The zero-order valence-corrected chi connectivity index (χ0v) is 23.9. The van der Waals surface area contributed by atoms with Gasteiger partial charge in [-0.1, -0.05) is 0 Å². The predicted molar refractivity (Wildman–Crippen MR) is 153 cm³/mol. The van der Waals surface area contributed by atoms with Gasteiger partial charge in [-0.25, -0.2) is 9.67 Å². The first-order chi connectivity index (χ1) is 20.6. The quantitative estimate of drug-likeness (QED) is 0.330. The number of halogens is 3. The molecule has 5 heterocycles. The number of anilines is 2. The van der Waals surface area contributed by atoms with Crippen LogP contribution in [0.2, 0.25) is 0 Å². The first kappa shape index (κ1) is 27.7. The molecule has 2 N–H and O–H groups in total. The molecule has 7 rings (SSSR count). The minimum Gasteiger partial charge on any atom is -0.477 e. The molecule has 1 aromatic carbocycles. The average molecular weight is 596 g/mol. The van der Waals surface area contributed by atoms with Crippen LogP contribution in [0.15, 0.2) is 36.5 Å². The summed E-state index contributed by atoms with van der Waals surface area (Å²) in [6.45, 7) is 2.02. The number of hydrogen-bond acceptors (Lipinski definition) is 7. The zero-order chi connectivity index (χ0) is 29.9. The van der Waals surface area contributed by atoms with Gasteiger partial charge in [0.05, 0.1) is 48.3 Å². The lowest BCUT2D eigenvalue weighted by Gasteiger charge is -2.43. The monoisotopic (exact) mass is 595 g/mol. The van der Waals surface area contributed by atoms with Crippen molar-refractivity contribution < 1.29 is 27.4 Å². The van der Waals surface area contributed by atoms with Gasteiger partial charge in [-0.2, -0.15) is 18.3 Å². The lowest BCUT2D eigenvalue weighted by Crippen LogP contribution is -2.65. The van der Waals surface area contributed by atoms with Crippen molar-refractivity contribution in [2.75, 3.05) is 30.5 Å². The van der Waals surface area contributed by atoms with E-state index in [9.17, 15) is 18.0 Å². The van der Waals surface area contributed by atoms with Gasteiger partial charge in [0, 0.05) is 30.5 Å². The number of hydrogen-bond donors (Lipinski definition) is 2. The Morgan fingerprint density at radius 3 is 2.63 bits per heavy atom. The molecule has 2 bridgehead atoms. The minimum atomic E-state index is -4.47. The second-order valence-electron chi connectivity index (χ2n) is 11.9. The number of benzene rings is 1. The molecule has 2 aliphatic heterocycles. The molecule has 1 atom stereocenters. The summed E-state index contributed by atoms with van der Waals surface area (Å²) < 4.78 is 56.2. The van der Waals surface area contributed by atoms with Crippen LogP contribution in [0, 0.1) is 18.8 Å². The van der Waals surface area contributed by atoms with Gasteiger partial charge in [-0.05, 0) is 74.8 Å². The normalized spacial score (nSPS) is 20.6. The van der Waals surface area contributed by atoms with Crippen molar-refractivity contribution in [1.29, 1.82) is 0 Å². The molecular weight excluding hydrogens is 563 g/mol. The van der Waals surface area contributed by atoms with Crippen molar-refractivity contribution in [1.82, 2.24) is 24.3 Å². The second kappa shape index (κ2) is 10.2. The topological polar surface area (TPSA) is 108 Å². The number of rotatable bonds is 3. The number of aromatic nitrogens is 5. The Bertz CT molecular complexity index is 1700. The van der Waals surface area contributed by atoms with E-state index in [2.05, 4.69) is 20.7 Å². The third-order valence-corrected chi connectivity index (χ3v) is 8.64. The largest absolute Gasteiger partial charge is 0.477 e. The maximum absolute atomic E-state index is 13.8. The second-order valence-corrected chi connectivity index (χ2v) is 11.9. The highest BCUT2D eigenvalue weighted by atomic mass is 19.4. The van der Waals surface area contributed by atoms with Gasteiger partial charge in [0.1, 0.15) is 0 Å². The van der Waals surface area contributed by atoms with Crippen LogP contribution in [0.5, 0.6) is 5.88 Å². The van der Waals surface area contributed by atoms with Crippen LogP contribution in [-0.2, 0) is 18.3 Å². The Morgan fingerprint density at radius 1 is 1.09 bits per heavy atom. The van der Waals surface area contributed by atoms with E-state index >= 15 is 0 Å². The number of alkyl halides is 3. The van der Waals surface area contributed by atoms with Crippen molar-refractivity contribution in [2.45, 2.75) is 50.9 Å². The van der Waals surface area contributed by atoms with Crippen LogP contribution >= 0.6 is 0 Å². The maximum atomic E-state index is 13.8. The van der Waals surface area contributed by atoms with E-state index in [1.165, 1.54) is 0 Å². The van der Waals surface area contributed by atoms with E-state index in [-0.39, 0.29) is 11.6 Å². The number of carbonyl (C=O) groups is 1. The third-order valence-electron chi connectivity index (χ3n) is 8.64. The van der Waals surface area contributed by atoms with Gasteiger partial charge in [0.25, 0.3) is 5.91 Å². The highest BCUT2D eigenvalue weighted by Crippen LogP contribution is 2.42. The van der Waals surface area contributed by atoms with Gasteiger partial charge in [0.15, 0.2) is 5.54 Å². The van der Waals surface area contributed by atoms with E-state index in [0.717, 1.165) is 31.2 Å². The standard InChI is InChI=1S/C30H32F3N7O3/c1-17-10-20-11-23(35-17)22-13-34-39(2)27(22)43-9-3-4-19(18-5-6-18)14-40-25-8-7-21(12-24(25)36-28(40)37-26(20)41)38-29(15-42-16-29)30(31,32)33/h7-8,10-13,18-19,38H,3-6,9,14-16H2,1-2H3,(H,36,37,41). The lowest BCUT2D eigenvalue weighted by atomic mass is 9.96. The Hall–Kier alpha value is -4.13. The number of carbonyl (C=O) groups excluding carboxylic acids is 1. The summed E-state index contributed by atoms with van der Waals surface area (Å²) in [7, 11) is 1.82. The maximum Gasteiger partial charge on any atom is 0.415 e. The number of nitrogens with zero attached hydrogens (tertiary/aromatic N) is 5. The molecule has 1 saturated carbocycles. The number of amides is 1. The van der Waals surface area contributed by atoms with E-state index in [1.807, 2.05) is 18.5 Å². The molecule has 1 unspecified atom stereocenters. The summed E-state index contributed by atoms with van der Waals surface area (Å²) in [5, 5.41) is 9.99. The van der Waals surface area contributed by atoms with E-state index < -0.39 is 24.9 Å². The van der Waals surface area contributed by atoms with Gasteiger partial charge >= 0.3 is 6.18 Å². The molecule has 4 aromatic rings. The van der Waals surface area contributed by atoms with E-state index in [0.29, 0.717) is 64.8 Å². The fourth-order valence-corrected chi connectivity index (χ4v) is 6.05. The molecular formula is C30H32F3N7O3. The summed E-state index contributed by atoms with van der Waals surface area (Å²) in [5.41, 5.74) is 1.70. The van der Waals surface area contributed by atoms with E-state index in [4.69, 9.17) is 14.5 Å². The molecule has 1 aliphatic carbocycles. The molecule has 1 amide bonds. The Morgan fingerprint density at radius 2 is 1.91 bits per heavy atom. The van der Waals surface area contributed by atoms with Crippen molar-refractivity contribution in [3.63, 3.8) is 0 Å². The average Bonchev–Trinajstić information content (AvgIpc) is 3.63. The summed E-state index contributed by atoms with van der Waals surface area (Å²) >= 11 is 0. The number of imidazole rings is 1. The predicted octanol–water partition coefficient (Wildman–Crippen LogP) is 5.33. The van der Waals surface area contributed by atoms with Crippen molar-refractivity contribution in [2.24, 2.45) is 18.9 Å². The third kappa shape index (κ3) is 5.09. The summed E-state index contributed by atoms with van der Waals surface area (Å²) in [6.07, 6.45) is 1.22. The SMILES string of the molecule is Cc1cc2cc(n1)-c1cnn(C)c1OCCCC(C1CC1)Cn1c(nc3cc(NC4(C(F)(F)F)COC4)ccc31)NC2=O. The van der Waals surface area contributed by atoms with Crippen LogP contribution < -0.4 is 15.4 Å². The highest BCUT2D eigenvalue weighted by molar-refractivity contribution is 6.05. The Kier molecular flexibility index (Phi) is 6.60. The number of nitrogens with one attached hydrogen (secondary N) is 2. The first-order valence-corrected chi connectivity index (χ1v) is 14.5. The molecule has 0 spiro atoms. The zero-order valence-electron chi connectivity index (χ0n) is 23.9. The summed E-state index contributed by atoms with van der Waals surface area (Å²) in [4.78, 5) is 23.0. The molecule has 10 nitrogen and oxygen atoms in total. The van der Waals surface area contributed by atoms with E-state index in [1.54, 1.807) is 41.2 Å². The van der Waals surface area contributed by atoms with Gasteiger partial charge in [0.2, 0.25) is 11.8 Å². The van der Waals surface area contributed by atoms with Gasteiger partial charge in [-0.15, -0.1) is 0 Å². The number of ether oxygens (including phenoxy) is 2. The molecule has 226 valence electrons. The first-order valence-electron chi connectivity index (χ1n) is 14.5. The number of aryl methyl sites for hydroxylation is 2. The molecule has 43 heavy (non-hydrogen) atoms. The van der Waals surface area contributed by atoms with Crippen LogP contribution in [0.4, 0.5) is 24.8 Å². The number of pyridine rings is 1. The minimum absolute atomic E-state index is 0.287. The highest BCUT2D eigenvalue weighted by Gasteiger charge is 2.60. The lowest BCUT2D eigenvalue weighted by molar-refractivity contribution is -0.245. The summed E-state index contributed by atoms with van der Waals surface area (Å²) in [5.74, 6) is 1.46. The van der Waals surface area contributed by atoms with Crippen LogP contribution in [-0.4, -0.2) is 61.8 Å². The summed E-state index contributed by atoms with van der Waals surface area (Å²) in [6, 6.07) is 8.40. The molecule has 13 heteroatoms. The van der Waals surface area contributed by atoms with Crippen molar-refractivity contribution in [3.8, 4) is 17.1 Å². The molecule has 3 aliphatic rings. The van der Waals surface area contributed by atoms with Crippen LogP contribution in [0.1, 0.15) is 41.7 Å². The Labute approximate surface area is 245 Å². The van der Waals surface area contributed by atoms with Crippen molar-refractivity contribution >= 4 is 28.6 Å². The molecule has 3 aromatic heterocycles. The van der Waals surface area contributed by atoms with Crippen molar-refractivity contribution in [3.05, 3.63) is 47.8 Å². The Balaban J connectivity index is 1.29. The number of fused-ring (bicyclic) bond motifs is 7.